The van der Waals surface area contributed by atoms with Crippen LogP contribution in [0.5, 0.6) is 5.75 Å². The molecule has 0 amide bonds. The Bertz CT molecular complexity index is 823. The highest BCUT2D eigenvalue weighted by atomic mass is 16.5. The summed E-state index contributed by atoms with van der Waals surface area (Å²) in [6.07, 6.45) is 6.10. The molecule has 0 bridgehead atoms. The van der Waals surface area contributed by atoms with Crippen LogP contribution in [0.3, 0.4) is 0 Å². The van der Waals surface area contributed by atoms with Crippen LogP contribution in [0.15, 0.2) is 54.1 Å². The first kappa shape index (κ1) is 16.3. The first-order valence-electron chi connectivity index (χ1n) is 7.01. The predicted octanol–water partition coefficient (Wildman–Crippen LogP) is 3.06. The molecule has 0 aliphatic heterocycles. The fourth-order valence-corrected chi connectivity index (χ4v) is 2.24. The maximum absolute atomic E-state index is 10.4. The average molecular weight is 311 g/mol. The largest absolute Gasteiger partial charge is 0.497 e. The minimum atomic E-state index is -1.02. The summed E-state index contributed by atoms with van der Waals surface area (Å²) >= 11 is 0. The van der Waals surface area contributed by atoms with E-state index in [2.05, 4.69) is 11.1 Å². The third kappa shape index (κ3) is 3.99. The third-order valence-electron chi connectivity index (χ3n) is 3.37. The Hall–Kier alpha value is -3.04. The van der Waals surface area contributed by atoms with Gasteiger partial charge in [-0.25, -0.2) is 4.79 Å². The molecule has 1 aliphatic rings. The zero-order valence-electron chi connectivity index (χ0n) is 12.9. The zero-order valence-corrected chi connectivity index (χ0v) is 12.9. The number of carbonyl (C=O) groups excluding carboxylic acids is 1. The normalized spacial score (nSPS) is 15.7. The number of ether oxygens (including phenoxy) is 1. The number of allylic oxidation sites excluding steroid dienone is 3. The van der Waals surface area contributed by atoms with Gasteiger partial charge in [-0.05, 0) is 37.3 Å². The molecule has 1 atom stereocenters. The molecule has 118 valence electrons. The van der Waals surface area contributed by atoms with Crippen molar-refractivity contribution < 1.29 is 19.4 Å². The minimum absolute atomic E-state index is 0.167. The summed E-state index contributed by atoms with van der Waals surface area (Å²) < 4.78 is 5.12. The number of nitrogens with one attached hydrogen (secondary N) is 1. The number of carboxylic acid groups (broad SMARTS) is 1. The number of aliphatic carboxylic acids is 1. The summed E-state index contributed by atoms with van der Waals surface area (Å²) in [6.45, 7) is 2.05. The van der Waals surface area contributed by atoms with E-state index in [-0.39, 0.29) is 5.57 Å². The summed E-state index contributed by atoms with van der Waals surface area (Å²) in [6, 6.07) is 8.12. The maximum Gasteiger partial charge on any atom is 0.315 e. The standard InChI is InChI=1S/C10H11NO.C8H6O3/c1-7-5-8-6-9(12-2)3-4-10(8)11-7;9-5-6-3-1-2-4-7(6)8(10)11/h3-6,11H,1-2H3;1-4,7H,(H,10,11). The zero-order chi connectivity index (χ0) is 16.8. The number of hydrogen-bond acceptors (Lipinski definition) is 3. The van der Waals surface area contributed by atoms with Crippen LogP contribution < -0.4 is 4.74 Å². The molecule has 0 spiro atoms. The molecule has 1 aromatic heterocycles. The Morgan fingerprint density at radius 3 is 2.70 bits per heavy atom. The van der Waals surface area contributed by atoms with E-state index >= 15 is 0 Å². The van der Waals surface area contributed by atoms with Crippen molar-refractivity contribution in [1.82, 2.24) is 4.98 Å². The van der Waals surface area contributed by atoms with Gasteiger partial charge in [-0.15, -0.1) is 0 Å². The third-order valence-corrected chi connectivity index (χ3v) is 3.37. The fraction of sp³-hybridized carbons (Fsp3) is 0.167. The van der Waals surface area contributed by atoms with Crippen molar-refractivity contribution in [3.8, 4) is 5.75 Å². The van der Waals surface area contributed by atoms with E-state index in [1.165, 1.54) is 23.2 Å². The van der Waals surface area contributed by atoms with Crippen molar-refractivity contribution in [2.75, 3.05) is 7.11 Å². The monoisotopic (exact) mass is 311 g/mol. The van der Waals surface area contributed by atoms with Crippen molar-refractivity contribution in [3.63, 3.8) is 0 Å². The summed E-state index contributed by atoms with van der Waals surface area (Å²) in [5.41, 5.74) is 2.51. The SMILES string of the molecule is COc1ccc2[nH]c(C)cc2c1.O=C=C1C=CC=CC1C(=O)O. The van der Waals surface area contributed by atoms with Gasteiger partial charge in [-0.3, -0.25) is 4.79 Å². The molecule has 0 fully saturated rings. The maximum atomic E-state index is 10.4. The number of aromatic amines is 1. The Kier molecular flexibility index (Phi) is 5.18. The van der Waals surface area contributed by atoms with E-state index in [9.17, 15) is 9.59 Å². The number of carboxylic acids is 1. The van der Waals surface area contributed by atoms with Gasteiger partial charge in [0, 0.05) is 16.6 Å². The van der Waals surface area contributed by atoms with Crippen molar-refractivity contribution >= 4 is 22.8 Å². The van der Waals surface area contributed by atoms with Crippen LogP contribution in [0, 0.1) is 12.8 Å². The molecule has 1 heterocycles. The first-order chi connectivity index (χ1) is 11.0. The van der Waals surface area contributed by atoms with E-state index in [1.54, 1.807) is 25.2 Å². The Labute approximate surface area is 133 Å². The topological polar surface area (TPSA) is 79.4 Å². The number of aromatic nitrogens is 1. The average Bonchev–Trinajstić information content (AvgIpc) is 2.94. The molecular formula is C18H17NO4. The quantitative estimate of drug-likeness (QED) is 0.835. The lowest BCUT2D eigenvalue weighted by Gasteiger charge is -2.06. The Morgan fingerprint density at radius 2 is 2.09 bits per heavy atom. The molecule has 0 saturated heterocycles. The van der Waals surface area contributed by atoms with Gasteiger partial charge in [0.05, 0.1) is 12.7 Å². The van der Waals surface area contributed by atoms with Crippen LogP contribution in [0.1, 0.15) is 5.69 Å². The highest BCUT2D eigenvalue weighted by Gasteiger charge is 2.19. The van der Waals surface area contributed by atoms with Crippen LogP contribution in [-0.2, 0) is 9.59 Å². The van der Waals surface area contributed by atoms with Gasteiger partial charge in [-0.2, -0.15) is 0 Å². The molecule has 1 aliphatic carbocycles. The molecule has 23 heavy (non-hydrogen) atoms. The lowest BCUT2D eigenvalue weighted by atomic mass is 9.96. The highest BCUT2D eigenvalue weighted by molar-refractivity contribution is 5.82. The van der Waals surface area contributed by atoms with Gasteiger partial charge >= 0.3 is 5.97 Å². The molecule has 5 heteroatoms. The summed E-state index contributed by atoms with van der Waals surface area (Å²) in [5.74, 6) is 0.641. The molecule has 5 nitrogen and oxygen atoms in total. The van der Waals surface area contributed by atoms with Crippen LogP contribution in [0.4, 0.5) is 0 Å². The number of aryl methyl sites for hydroxylation is 1. The second kappa shape index (κ2) is 7.29. The molecule has 2 N–H and O–H groups in total. The molecule has 0 radical (unpaired) electrons. The smallest absolute Gasteiger partial charge is 0.315 e. The van der Waals surface area contributed by atoms with E-state index in [0.717, 1.165) is 11.3 Å². The van der Waals surface area contributed by atoms with Gasteiger partial charge in [0.2, 0.25) is 0 Å². The lowest BCUT2D eigenvalue weighted by Crippen LogP contribution is -2.14. The van der Waals surface area contributed by atoms with E-state index in [4.69, 9.17) is 9.84 Å². The summed E-state index contributed by atoms with van der Waals surface area (Å²) in [5, 5.41) is 9.76. The molecule has 1 unspecified atom stereocenters. The molecule has 3 rings (SSSR count). The van der Waals surface area contributed by atoms with E-state index in [0.29, 0.717) is 0 Å². The lowest BCUT2D eigenvalue weighted by molar-refractivity contribution is -0.138. The van der Waals surface area contributed by atoms with Crippen LogP contribution in [0.2, 0.25) is 0 Å². The van der Waals surface area contributed by atoms with Crippen LogP contribution in [0.25, 0.3) is 10.9 Å². The number of benzene rings is 1. The van der Waals surface area contributed by atoms with Crippen LogP contribution in [-0.4, -0.2) is 29.1 Å². The van der Waals surface area contributed by atoms with Crippen LogP contribution >= 0.6 is 0 Å². The van der Waals surface area contributed by atoms with Gasteiger partial charge in [-0.1, -0.05) is 18.2 Å². The van der Waals surface area contributed by atoms with Crippen molar-refractivity contribution in [3.05, 3.63) is 59.8 Å². The van der Waals surface area contributed by atoms with Crippen molar-refractivity contribution in [2.24, 2.45) is 5.92 Å². The second-order valence-corrected chi connectivity index (χ2v) is 5.02. The van der Waals surface area contributed by atoms with Crippen molar-refractivity contribution in [1.29, 1.82) is 0 Å². The van der Waals surface area contributed by atoms with Gasteiger partial charge < -0.3 is 14.8 Å². The predicted molar refractivity (Wildman–Crippen MR) is 88.2 cm³/mol. The summed E-state index contributed by atoms with van der Waals surface area (Å²) in [7, 11) is 1.68. The van der Waals surface area contributed by atoms with E-state index < -0.39 is 11.9 Å². The van der Waals surface area contributed by atoms with Gasteiger partial charge in [0.25, 0.3) is 0 Å². The first-order valence-corrected chi connectivity index (χ1v) is 7.01. The Balaban J connectivity index is 0.000000168. The molecule has 2 aromatic rings. The number of methoxy groups -OCH3 is 1. The Morgan fingerprint density at radius 1 is 1.30 bits per heavy atom. The van der Waals surface area contributed by atoms with Gasteiger partial charge in [0.15, 0.2) is 0 Å². The number of hydrogen-bond donors (Lipinski definition) is 2. The fourth-order valence-electron chi connectivity index (χ4n) is 2.24. The second-order valence-electron chi connectivity index (χ2n) is 5.02. The van der Waals surface area contributed by atoms with Crippen molar-refractivity contribution in [2.45, 2.75) is 6.92 Å². The number of rotatable bonds is 2. The van der Waals surface area contributed by atoms with E-state index in [1.807, 2.05) is 25.1 Å². The summed E-state index contributed by atoms with van der Waals surface area (Å²) in [4.78, 5) is 23.9. The molecule has 1 aromatic carbocycles. The molecular weight excluding hydrogens is 294 g/mol. The number of fused-ring (bicyclic) bond motifs is 1. The van der Waals surface area contributed by atoms with Gasteiger partial charge in [0.1, 0.15) is 17.6 Å². The minimum Gasteiger partial charge on any atom is -0.497 e. The molecule has 0 saturated carbocycles. The number of H-pyrrole nitrogens is 1. The number of carbonyl (C=O) groups is 1. The highest BCUT2D eigenvalue weighted by Crippen LogP contribution is 2.20.